The molecule has 1 aliphatic heterocycles. The SMILES string of the molecule is C/C=C1/C=C(C(C)C)\C(CC)=C/C(C(C)(CCCCC)C(O)N2C=CNC2)CC1. The minimum Gasteiger partial charge on any atom is -0.373 e. The molecule has 0 fully saturated rings. The Labute approximate surface area is 179 Å². The number of unbranched alkanes of at least 4 members (excludes halogenated alkanes) is 2. The number of allylic oxidation sites excluding steroid dienone is 6. The van der Waals surface area contributed by atoms with Gasteiger partial charge in [-0.2, -0.15) is 0 Å². The summed E-state index contributed by atoms with van der Waals surface area (Å²) in [7, 11) is 0. The van der Waals surface area contributed by atoms with Gasteiger partial charge in [0, 0.05) is 17.8 Å². The molecule has 0 bridgehead atoms. The number of rotatable bonds is 9. The van der Waals surface area contributed by atoms with E-state index in [0.717, 1.165) is 25.7 Å². The fourth-order valence-electron chi connectivity index (χ4n) is 4.88. The van der Waals surface area contributed by atoms with Crippen molar-refractivity contribution < 1.29 is 5.11 Å². The van der Waals surface area contributed by atoms with Crippen LogP contribution in [-0.2, 0) is 0 Å². The summed E-state index contributed by atoms with van der Waals surface area (Å²) in [6.45, 7) is 14.3. The van der Waals surface area contributed by atoms with E-state index in [-0.39, 0.29) is 5.41 Å². The summed E-state index contributed by atoms with van der Waals surface area (Å²) in [5.74, 6) is 0.868. The van der Waals surface area contributed by atoms with Crippen LogP contribution in [0.3, 0.4) is 0 Å². The highest BCUT2D eigenvalue weighted by molar-refractivity contribution is 5.40. The molecule has 0 radical (unpaired) electrons. The van der Waals surface area contributed by atoms with E-state index in [4.69, 9.17) is 0 Å². The van der Waals surface area contributed by atoms with Crippen molar-refractivity contribution in [2.24, 2.45) is 17.3 Å². The number of hydrogen-bond donors (Lipinski definition) is 2. The van der Waals surface area contributed by atoms with Gasteiger partial charge in [-0.1, -0.05) is 77.7 Å². The average molecular weight is 401 g/mol. The molecular formula is C26H44N2O. The molecule has 0 aromatic carbocycles. The van der Waals surface area contributed by atoms with Crippen LogP contribution in [0.5, 0.6) is 0 Å². The zero-order valence-corrected chi connectivity index (χ0v) is 19.7. The molecule has 1 aliphatic carbocycles. The van der Waals surface area contributed by atoms with Crippen molar-refractivity contribution >= 4 is 0 Å². The standard InChI is InChI=1S/C26H44N2O/c1-7-10-11-14-26(6,25(29)28-16-15-27-19-28)23-13-12-21(8-2)17-24(20(4)5)22(9-3)18-23/h8,15-18,20,23,25,27,29H,7,9-14,19H2,1-6H3/b21-8+,22-18-,24-17-. The van der Waals surface area contributed by atoms with Gasteiger partial charge in [-0.05, 0) is 55.6 Å². The fraction of sp³-hybridized carbons (Fsp3) is 0.692. The maximum absolute atomic E-state index is 11.5. The molecule has 0 aromatic rings. The van der Waals surface area contributed by atoms with Crippen molar-refractivity contribution in [1.82, 2.24) is 10.2 Å². The molecule has 2 aliphatic rings. The molecule has 3 unspecified atom stereocenters. The summed E-state index contributed by atoms with van der Waals surface area (Å²) < 4.78 is 0. The van der Waals surface area contributed by atoms with Gasteiger partial charge >= 0.3 is 0 Å². The molecule has 3 nitrogen and oxygen atoms in total. The molecule has 0 spiro atoms. The lowest BCUT2D eigenvalue weighted by Crippen LogP contribution is -2.48. The molecule has 29 heavy (non-hydrogen) atoms. The predicted octanol–water partition coefficient (Wildman–Crippen LogP) is 6.50. The van der Waals surface area contributed by atoms with E-state index in [2.05, 4.69) is 70.0 Å². The third-order valence-corrected chi connectivity index (χ3v) is 6.96. The van der Waals surface area contributed by atoms with Gasteiger partial charge in [0.1, 0.15) is 6.23 Å². The second-order valence-corrected chi connectivity index (χ2v) is 9.34. The molecule has 1 heterocycles. The topological polar surface area (TPSA) is 35.5 Å². The van der Waals surface area contributed by atoms with Crippen LogP contribution in [0.1, 0.15) is 86.5 Å². The van der Waals surface area contributed by atoms with Gasteiger partial charge < -0.3 is 15.3 Å². The molecule has 0 aromatic heterocycles. The summed E-state index contributed by atoms with van der Waals surface area (Å²) in [4.78, 5) is 2.07. The van der Waals surface area contributed by atoms with Crippen molar-refractivity contribution in [1.29, 1.82) is 0 Å². The number of hydrogen-bond acceptors (Lipinski definition) is 3. The minimum atomic E-state index is -0.482. The largest absolute Gasteiger partial charge is 0.373 e. The summed E-state index contributed by atoms with van der Waals surface area (Å²) in [5, 5.41) is 14.7. The summed E-state index contributed by atoms with van der Waals surface area (Å²) >= 11 is 0. The van der Waals surface area contributed by atoms with Gasteiger partial charge in [-0.3, -0.25) is 0 Å². The Morgan fingerprint density at radius 1 is 1.31 bits per heavy atom. The van der Waals surface area contributed by atoms with Crippen molar-refractivity contribution in [2.75, 3.05) is 6.67 Å². The first kappa shape index (κ1) is 23.8. The normalized spacial score (nSPS) is 28.2. The highest BCUT2D eigenvalue weighted by Gasteiger charge is 2.42. The summed E-state index contributed by atoms with van der Waals surface area (Å²) in [5.41, 5.74) is 4.20. The number of aliphatic hydroxyl groups excluding tert-OH is 1. The third kappa shape index (κ3) is 5.78. The fourth-order valence-corrected chi connectivity index (χ4v) is 4.88. The van der Waals surface area contributed by atoms with E-state index in [1.165, 1.54) is 36.0 Å². The van der Waals surface area contributed by atoms with Gasteiger partial charge in [0.25, 0.3) is 0 Å². The number of aliphatic hydroxyl groups is 1. The van der Waals surface area contributed by atoms with Crippen LogP contribution in [0, 0.1) is 17.3 Å². The van der Waals surface area contributed by atoms with Crippen LogP contribution in [0.4, 0.5) is 0 Å². The first-order valence-corrected chi connectivity index (χ1v) is 11.8. The Balaban J connectivity index is 2.46. The molecule has 2 N–H and O–H groups in total. The molecule has 0 saturated carbocycles. The van der Waals surface area contributed by atoms with Gasteiger partial charge in [-0.15, -0.1) is 0 Å². The minimum absolute atomic E-state index is 0.176. The Hall–Kier alpha value is -1.48. The van der Waals surface area contributed by atoms with Crippen LogP contribution in [0.25, 0.3) is 0 Å². The third-order valence-electron chi connectivity index (χ3n) is 6.96. The van der Waals surface area contributed by atoms with Crippen LogP contribution >= 0.6 is 0 Å². The van der Waals surface area contributed by atoms with Crippen LogP contribution in [-0.4, -0.2) is 22.9 Å². The number of nitrogens with zero attached hydrogens (tertiary/aromatic N) is 1. The monoisotopic (exact) mass is 400 g/mol. The highest BCUT2D eigenvalue weighted by Crippen LogP contribution is 2.45. The lowest BCUT2D eigenvalue weighted by molar-refractivity contribution is -0.0871. The van der Waals surface area contributed by atoms with Crippen molar-refractivity contribution in [2.45, 2.75) is 92.7 Å². The van der Waals surface area contributed by atoms with Crippen molar-refractivity contribution in [3.05, 3.63) is 47.3 Å². The Kier molecular flexibility index (Phi) is 9.07. The van der Waals surface area contributed by atoms with Crippen LogP contribution in [0.15, 0.2) is 47.3 Å². The molecule has 164 valence electrons. The lowest BCUT2D eigenvalue weighted by Gasteiger charge is -2.45. The lowest BCUT2D eigenvalue weighted by atomic mass is 9.67. The van der Waals surface area contributed by atoms with E-state index < -0.39 is 6.23 Å². The zero-order chi connectivity index (χ0) is 21.4. The first-order valence-electron chi connectivity index (χ1n) is 11.8. The molecule has 0 amide bonds. The van der Waals surface area contributed by atoms with E-state index in [9.17, 15) is 5.11 Å². The van der Waals surface area contributed by atoms with Gasteiger partial charge in [0.15, 0.2) is 0 Å². The van der Waals surface area contributed by atoms with Crippen LogP contribution in [0.2, 0.25) is 0 Å². The smallest absolute Gasteiger partial charge is 0.133 e. The van der Waals surface area contributed by atoms with Crippen LogP contribution < -0.4 is 5.32 Å². The summed E-state index contributed by atoms with van der Waals surface area (Å²) in [6, 6.07) is 0. The average Bonchev–Trinajstić information content (AvgIpc) is 3.22. The molecular weight excluding hydrogens is 356 g/mol. The predicted molar refractivity (Wildman–Crippen MR) is 125 cm³/mol. The van der Waals surface area contributed by atoms with Gasteiger partial charge in [0.05, 0.1) is 6.67 Å². The second kappa shape index (κ2) is 11.1. The second-order valence-electron chi connectivity index (χ2n) is 9.34. The molecule has 3 heteroatoms. The van der Waals surface area contributed by atoms with Crippen molar-refractivity contribution in [3.8, 4) is 0 Å². The zero-order valence-electron chi connectivity index (χ0n) is 19.7. The van der Waals surface area contributed by atoms with E-state index in [0.29, 0.717) is 18.5 Å². The Bertz CT molecular complexity index is 643. The molecule has 2 rings (SSSR count). The van der Waals surface area contributed by atoms with Gasteiger partial charge in [-0.25, -0.2) is 0 Å². The maximum atomic E-state index is 11.5. The number of nitrogens with one attached hydrogen (secondary N) is 1. The van der Waals surface area contributed by atoms with E-state index in [1.54, 1.807) is 0 Å². The maximum Gasteiger partial charge on any atom is 0.133 e. The quantitative estimate of drug-likeness (QED) is 0.434. The first-order chi connectivity index (χ1) is 13.9. The van der Waals surface area contributed by atoms with E-state index >= 15 is 0 Å². The highest BCUT2D eigenvalue weighted by atomic mass is 16.3. The van der Waals surface area contributed by atoms with Crippen molar-refractivity contribution in [3.63, 3.8) is 0 Å². The Morgan fingerprint density at radius 2 is 2.07 bits per heavy atom. The summed E-state index contributed by atoms with van der Waals surface area (Å²) in [6.07, 6.45) is 18.6. The van der Waals surface area contributed by atoms with Gasteiger partial charge in [0.2, 0.25) is 0 Å². The molecule has 0 saturated heterocycles. The Morgan fingerprint density at radius 3 is 2.62 bits per heavy atom. The van der Waals surface area contributed by atoms with E-state index in [1.807, 2.05) is 12.4 Å². The molecule has 3 atom stereocenters.